The van der Waals surface area contributed by atoms with E-state index in [1.807, 2.05) is 0 Å². The van der Waals surface area contributed by atoms with Crippen LogP contribution in [0.15, 0.2) is 12.1 Å². The molecule has 1 aliphatic rings. The summed E-state index contributed by atoms with van der Waals surface area (Å²) in [6, 6.07) is 4.63. The van der Waals surface area contributed by atoms with E-state index in [4.69, 9.17) is 0 Å². The van der Waals surface area contributed by atoms with Crippen molar-refractivity contribution in [3.8, 4) is 0 Å². The molecule has 1 saturated carbocycles. The van der Waals surface area contributed by atoms with Gasteiger partial charge in [0.15, 0.2) is 0 Å². The first kappa shape index (κ1) is 10.2. The van der Waals surface area contributed by atoms with Gasteiger partial charge in [-0.1, -0.05) is 24.1 Å². The Labute approximate surface area is 88.9 Å². The van der Waals surface area contributed by atoms with E-state index in [9.17, 15) is 0 Å². The van der Waals surface area contributed by atoms with Crippen molar-refractivity contribution in [3.63, 3.8) is 0 Å². The van der Waals surface area contributed by atoms with Crippen molar-refractivity contribution >= 4 is 13.9 Å². The number of benzene rings is 1. The smallest absolute Gasteiger partial charge is 0.0127 e. The Kier molecular flexibility index (Phi) is 2.93. The second-order valence-electron chi connectivity index (χ2n) is 4.46. The molecule has 14 heavy (non-hydrogen) atoms. The molecule has 1 aliphatic carbocycles. The van der Waals surface area contributed by atoms with Gasteiger partial charge in [0.05, 0.1) is 0 Å². The van der Waals surface area contributed by atoms with E-state index in [1.54, 1.807) is 13.9 Å². The molecule has 0 nitrogen and oxygen atoms in total. The maximum atomic E-state index is 2.31. The van der Waals surface area contributed by atoms with Crippen LogP contribution >= 0.6 is 8.58 Å². The van der Waals surface area contributed by atoms with Crippen molar-refractivity contribution in [2.45, 2.75) is 45.7 Å². The van der Waals surface area contributed by atoms with Gasteiger partial charge in [0.1, 0.15) is 0 Å². The van der Waals surface area contributed by atoms with E-state index in [2.05, 4.69) is 32.9 Å². The third-order valence-electron chi connectivity index (χ3n) is 3.02. The van der Waals surface area contributed by atoms with Crippen LogP contribution < -0.4 is 5.30 Å². The molecule has 0 atom stereocenters. The van der Waals surface area contributed by atoms with Crippen LogP contribution in [0.5, 0.6) is 0 Å². The van der Waals surface area contributed by atoms with Gasteiger partial charge in [0.2, 0.25) is 0 Å². The van der Waals surface area contributed by atoms with Gasteiger partial charge in [-0.3, -0.25) is 0 Å². The molecule has 0 bridgehead atoms. The summed E-state index contributed by atoms with van der Waals surface area (Å²) in [4.78, 5) is 0. The van der Waals surface area contributed by atoms with E-state index in [0.29, 0.717) is 0 Å². The molecule has 1 aromatic carbocycles. The third-order valence-corrected chi connectivity index (χ3v) is 4.87. The van der Waals surface area contributed by atoms with Crippen LogP contribution in [-0.4, -0.2) is 5.66 Å². The number of rotatable bonds is 2. The maximum Gasteiger partial charge on any atom is -0.0127 e. The van der Waals surface area contributed by atoms with Crippen molar-refractivity contribution in [2.75, 3.05) is 0 Å². The SMILES string of the molecule is Cc1cc(C)c([P]C2CCC2)c(C)c1. The van der Waals surface area contributed by atoms with Crippen LogP contribution in [0.3, 0.4) is 0 Å². The first-order valence-corrected chi connectivity index (χ1v) is 6.42. The topological polar surface area (TPSA) is 0 Å². The van der Waals surface area contributed by atoms with Crippen LogP contribution in [0.1, 0.15) is 36.0 Å². The van der Waals surface area contributed by atoms with Gasteiger partial charge < -0.3 is 0 Å². The fourth-order valence-electron chi connectivity index (χ4n) is 2.07. The lowest BCUT2D eigenvalue weighted by Crippen LogP contribution is -2.18. The fraction of sp³-hybridized carbons (Fsp3) is 0.538. The summed E-state index contributed by atoms with van der Waals surface area (Å²) < 4.78 is 0. The minimum absolute atomic E-state index is 0.954. The lowest BCUT2D eigenvalue weighted by Gasteiger charge is -2.26. The van der Waals surface area contributed by atoms with E-state index in [-0.39, 0.29) is 0 Å². The number of hydrogen-bond acceptors (Lipinski definition) is 0. The minimum atomic E-state index is 0.954. The first-order valence-electron chi connectivity index (χ1n) is 5.45. The Hall–Kier alpha value is -0.350. The standard InChI is InChI=1S/C13H18P/c1-9-7-10(2)13(11(3)8-9)14-12-5-4-6-12/h7-8,12H,4-6H2,1-3H3. The molecule has 0 aromatic heterocycles. The Bertz CT molecular complexity index is 314. The highest BCUT2D eigenvalue weighted by atomic mass is 31.1. The maximum absolute atomic E-state index is 2.31. The van der Waals surface area contributed by atoms with E-state index >= 15 is 0 Å². The highest BCUT2D eigenvalue weighted by molar-refractivity contribution is 7.48. The van der Waals surface area contributed by atoms with E-state index in [1.165, 1.54) is 36.0 Å². The molecule has 2 rings (SSSR count). The van der Waals surface area contributed by atoms with E-state index < -0.39 is 0 Å². The van der Waals surface area contributed by atoms with Crippen LogP contribution in [0.4, 0.5) is 0 Å². The summed E-state index contributed by atoms with van der Waals surface area (Å²) in [7, 11) is 1.58. The van der Waals surface area contributed by atoms with E-state index in [0.717, 1.165) is 5.66 Å². The molecule has 1 radical (unpaired) electrons. The molecule has 0 saturated heterocycles. The summed E-state index contributed by atoms with van der Waals surface area (Å²) in [6.45, 7) is 6.69. The van der Waals surface area contributed by atoms with Crippen molar-refractivity contribution in [3.05, 3.63) is 28.8 Å². The second-order valence-corrected chi connectivity index (χ2v) is 5.90. The molecule has 0 heterocycles. The zero-order valence-corrected chi connectivity index (χ0v) is 10.2. The van der Waals surface area contributed by atoms with Gasteiger partial charge in [0, 0.05) is 0 Å². The molecule has 0 unspecified atom stereocenters. The predicted molar refractivity (Wildman–Crippen MR) is 64.8 cm³/mol. The molecule has 0 spiro atoms. The summed E-state index contributed by atoms with van der Waals surface area (Å²) in [5, 5.41) is 1.58. The van der Waals surface area contributed by atoms with Crippen LogP contribution in [-0.2, 0) is 0 Å². The van der Waals surface area contributed by atoms with Gasteiger partial charge in [-0.05, 0) is 64.3 Å². The van der Waals surface area contributed by atoms with Crippen molar-refractivity contribution in [2.24, 2.45) is 0 Å². The van der Waals surface area contributed by atoms with Gasteiger partial charge in [-0.2, -0.15) is 0 Å². The summed E-state index contributed by atoms with van der Waals surface area (Å²) >= 11 is 0. The van der Waals surface area contributed by atoms with Gasteiger partial charge in [0.25, 0.3) is 0 Å². The van der Waals surface area contributed by atoms with Gasteiger partial charge in [-0.15, -0.1) is 0 Å². The minimum Gasteiger partial charge on any atom is -0.0557 e. The summed E-state index contributed by atoms with van der Waals surface area (Å²) in [5.41, 5.74) is 5.31. The van der Waals surface area contributed by atoms with Gasteiger partial charge >= 0.3 is 0 Å². The van der Waals surface area contributed by atoms with Crippen LogP contribution in [0.2, 0.25) is 0 Å². The van der Waals surface area contributed by atoms with Crippen molar-refractivity contribution in [1.82, 2.24) is 0 Å². The molecule has 75 valence electrons. The Morgan fingerprint density at radius 3 is 2.07 bits per heavy atom. The average molecular weight is 205 g/mol. The normalized spacial score (nSPS) is 17.6. The molecular formula is C13H18P. The monoisotopic (exact) mass is 205 g/mol. The quantitative estimate of drug-likeness (QED) is 0.645. The summed E-state index contributed by atoms with van der Waals surface area (Å²) in [5.74, 6) is 0. The lowest BCUT2D eigenvalue weighted by atomic mass is 10.00. The van der Waals surface area contributed by atoms with Gasteiger partial charge in [-0.25, -0.2) is 0 Å². The molecule has 0 amide bonds. The summed E-state index contributed by atoms with van der Waals surface area (Å²) in [6.07, 6.45) is 4.32. The van der Waals surface area contributed by atoms with Crippen LogP contribution in [0, 0.1) is 20.8 Å². The molecule has 0 N–H and O–H groups in total. The third kappa shape index (κ3) is 2.01. The fourth-order valence-corrected chi connectivity index (χ4v) is 3.60. The molecule has 1 fully saturated rings. The zero-order valence-electron chi connectivity index (χ0n) is 9.30. The highest BCUT2D eigenvalue weighted by Crippen LogP contribution is 2.36. The van der Waals surface area contributed by atoms with Crippen molar-refractivity contribution in [1.29, 1.82) is 0 Å². The number of aryl methyl sites for hydroxylation is 3. The molecular weight excluding hydrogens is 187 g/mol. The Balaban J connectivity index is 2.22. The number of hydrogen-bond donors (Lipinski definition) is 0. The first-order chi connectivity index (χ1) is 6.66. The van der Waals surface area contributed by atoms with Crippen LogP contribution in [0.25, 0.3) is 0 Å². The van der Waals surface area contributed by atoms with Crippen molar-refractivity contribution < 1.29 is 0 Å². The molecule has 1 heteroatoms. The largest absolute Gasteiger partial charge is 0.0557 e. The molecule has 1 aromatic rings. The zero-order chi connectivity index (χ0) is 10.1. The second kappa shape index (κ2) is 4.03. The lowest BCUT2D eigenvalue weighted by molar-refractivity contribution is 0.520. The predicted octanol–water partition coefficient (Wildman–Crippen LogP) is 3.74. The highest BCUT2D eigenvalue weighted by Gasteiger charge is 2.20. The Morgan fingerprint density at radius 1 is 1.07 bits per heavy atom. The molecule has 0 aliphatic heterocycles. The average Bonchev–Trinajstić information content (AvgIpc) is 1.98. The Morgan fingerprint density at radius 2 is 1.64 bits per heavy atom.